The highest BCUT2D eigenvalue weighted by Crippen LogP contribution is 2.51. The SMILES string of the molecule is CC1(C)CC(C(CCCCCCCCCCCN2C(=O)CCC2=O)C2CC(C)(C)N(O)C(C)(C)C2)CC(C)(C)N1O. The Bertz CT molecular complexity index is 789. The van der Waals surface area contributed by atoms with Crippen molar-refractivity contribution < 1.29 is 20.0 Å². The highest BCUT2D eigenvalue weighted by atomic mass is 16.5. The Morgan fingerprint density at radius 1 is 0.585 bits per heavy atom. The molecule has 0 aromatic rings. The summed E-state index contributed by atoms with van der Waals surface area (Å²) in [5.41, 5.74) is -0.973. The monoisotopic (exact) mass is 577 g/mol. The molecular formula is C34H63N3O4. The molecule has 0 unspecified atom stereocenters. The quantitative estimate of drug-likeness (QED) is 0.161. The maximum atomic E-state index is 11.7. The molecule has 2 N–H and O–H groups in total. The average molecular weight is 578 g/mol. The van der Waals surface area contributed by atoms with Crippen LogP contribution in [0.25, 0.3) is 0 Å². The van der Waals surface area contributed by atoms with Crippen LogP contribution in [0.2, 0.25) is 0 Å². The van der Waals surface area contributed by atoms with Gasteiger partial charge in [-0.2, -0.15) is 10.1 Å². The van der Waals surface area contributed by atoms with Gasteiger partial charge >= 0.3 is 0 Å². The highest BCUT2D eigenvalue weighted by Gasteiger charge is 2.52. The van der Waals surface area contributed by atoms with E-state index in [0.29, 0.717) is 37.1 Å². The second-order valence-electron chi connectivity index (χ2n) is 16.3. The smallest absolute Gasteiger partial charge is 0.229 e. The Balaban J connectivity index is 1.46. The molecule has 0 bridgehead atoms. The standard InChI is InChI=1S/C34H63N3O4/c1-31(2)22-26(23-32(3,4)36(31)40)28(27-24-33(5,6)37(41)34(7,8)25-27)18-16-14-12-10-9-11-13-15-17-21-35-29(38)19-20-30(35)39/h26-28,40-41H,9-25H2,1-8H3. The number of nitrogens with zero attached hydrogens (tertiary/aromatic N) is 3. The minimum absolute atomic E-state index is 0.00907. The van der Waals surface area contributed by atoms with Gasteiger partial charge in [0.05, 0.1) is 0 Å². The Morgan fingerprint density at radius 2 is 0.902 bits per heavy atom. The number of piperidine rings is 2. The molecule has 7 heteroatoms. The van der Waals surface area contributed by atoms with Crippen LogP contribution in [0.15, 0.2) is 0 Å². The van der Waals surface area contributed by atoms with E-state index in [9.17, 15) is 20.0 Å². The van der Waals surface area contributed by atoms with Gasteiger partial charge in [0.2, 0.25) is 11.8 Å². The van der Waals surface area contributed by atoms with E-state index in [1.807, 2.05) is 0 Å². The molecular weight excluding hydrogens is 514 g/mol. The number of hydroxylamine groups is 4. The van der Waals surface area contributed by atoms with Crippen molar-refractivity contribution in [3.8, 4) is 0 Å². The van der Waals surface area contributed by atoms with Crippen LogP contribution < -0.4 is 0 Å². The number of imide groups is 1. The number of likely N-dealkylation sites (tertiary alicyclic amines) is 1. The molecule has 0 saturated carbocycles. The minimum atomic E-state index is -0.243. The van der Waals surface area contributed by atoms with Crippen molar-refractivity contribution in [1.82, 2.24) is 15.0 Å². The molecule has 41 heavy (non-hydrogen) atoms. The highest BCUT2D eigenvalue weighted by molar-refractivity contribution is 6.01. The van der Waals surface area contributed by atoms with Gasteiger partial charge in [-0.15, -0.1) is 0 Å². The van der Waals surface area contributed by atoms with Gasteiger partial charge in [-0.25, -0.2) is 0 Å². The van der Waals surface area contributed by atoms with E-state index in [-0.39, 0.29) is 34.0 Å². The van der Waals surface area contributed by atoms with Crippen molar-refractivity contribution in [2.24, 2.45) is 17.8 Å². The van der Waals surface area contributed by atoms with Crippen LogP contribution in [0.1, 0.15) is 158 Å². The predicted octanol–water partition coefficient (Wildman–Crippen LogP) is 7.97. The first-order valence-electron chi connectivity index (χ1n) is 16.8. The van der Waals surface area contributed by atoms with E-state index >= 15 is 0 Å². The number of hydrogen-bond acceptors (Lipinski definition) is 6. The van der Waals surface area contributed by atoms with E-state index in [4.69, 9.17) is 0 Å². The average Bonchev–Trinajstić information content (AvgIpc) is 3.17. The molecule has 3 heterocycles. The largest absolute Gasteiger partial charge is 0.313 e. The van der Waals surface area contributed by atoms with E-state index < -0.39 is 0 Å². The lowest BCUT2D eigenvalue weighted by Crippen LogP contribution is -2.62. The summed E-state index contributed by atoms with van der Waals surface area (Å²) >= 11 is 0. The molecule has 3 fully saturated rings. The first kappa shape index (κ1) is 34.5. The second kappa shape index (κ2) is 13.7. The summed E-state index contributed by atoms with van der Waals surface area (Å²) in [4.78, 5) is 24.9. The number of carbonyl (C=O) groups is 2. The van der Waals surface area contributed by atoms with Crippen LogP contribution in [-0.2, 0) is 9.59 Å². The summed E-state index contributed by atoms with van der Waals surface area (Å²) in [5, 5.41) is 25.2. The molecule has 3 aliphatic rings. The molecule has 3 saturated heterocycles. The Morgan fingerprint density at radius 3 is 1.27 bits per heavy atom. The van der Waals surface area contributed by atoms with Gasteiger partial charge in [-0.1, -0.05) is 51.4 Å². The van der Waals surface area contributed by atoms with Crippen molar-refractivity contribution in [2.45, 2.75) is 180 Å². The van der Waals surface area contributed by atoms with Crippen LogP contribution in [-0.4, -0.2) is 66.0 Å². The molecule has 0 aliphatic carbocycles. The molecule has 7 nitrogen and oxygen atoms in total. The molecule has 0 radical (unpaired) electrons. The topological polar surface area (TPSA) is 84.3 Å². The van der Waals surface area contributed by atoms with Gasteiger partial charge in [-0.05, 0) is 112 Å². The van der Waals surface area contributed by atoms with Gasteiger partial charge in [-0.3, -0.25) is 14.5 Å². The third kappa shape index (κ3) is 8.77. The first-order chi connectivity index (χ1) is 19.0. The zero-order valence-corrected chi connectivity index (χ0v) is 27.8. The minimum Gasteiger partial charge on any atom is -0.313 e. The van der Waals surface area contributed by atoms with Gasteiger partial charge in [0.25, 0.3) is 0 Å². The Labute approximate surface area is 251 Å². The van der Waals surface area contributed by atoms with E-state index in [1.165, 1.54) is 56.3 Å². The van der Waals surface area contributed by atoms with Crippen LogP contribution in [0.4, 0.5) is 0 Å². The lowest BCUT2D eigenvalue weighted by molar-refractivity contribution is -0.267. The molecule has 0 atom stereocenters. The lowest BCUT2D eigenvalue weighted by atomic mass is 9.61. The van der Waals surface area contributed by atoms with E-state index in [1.54, 1.807) is 10.1 Å². The summed E-state index contributed by atoms with van der Waals surface area (Å²) in [6.45, 7) is 18.1. The number of amides is 2. The number of carbonyl (C=O) groups excluding carboxylic acids is 2. The van der Waals surface area contributed by atoms with Gasteiger partial charge in [0, 0.05) is 41.5 Å². The Hall–Kier alpha value is -1.02. The summed E-state index contributed by atoms with van der Waals surface area (Å²) in [6, 6.07) is 0. The summed E-state index contributed by atoms with van der Waals surface area (Å²) < 4.78 is 0. The normalized spacial score (nSPS) is 25.5. The Kier molecular flexibility index (Phi) is 11.5. The first-order valence-corrected chi connectivity index (χ1v) is 16.8. The zero-order chi connectivity index (χ0) is 30.6. The number of unbranched alkanes of at least 4 members (excludes halogenated alkanes) is 8. The second-order valence-corrected chi connectivity index (χ2v) is 16.3. The van der Waals surface area contributed by atoms with Gasteiger partial charge < -0.3 is 10.4 Å². The van der Waals surface area contributed by atoms with Crippen LogP contribution in [0, 0.1) is 17.8 Å². The van der Waals surface area contributed by atoms with Crippen LogP contribution >= 0.6 is 0 Å². The van der Waals surface area contributed by atoms with Gasteiger partial charge in [0.1, 0.15) is 0 Å². The van der Waals surface area contributed by atoms with Crippen molar-refractivity contribution >= 4 is 11.8 Å². The molecule has 0 aromatic heterocycles. The molecule has 3 aliphatic heterocycles. The molecule has 238 valence electrons. The summed E-state index contributed by atoms with van der Waals surface area (Å²) in [6.07, 6.45) is 16.9. The number of hydrogen-bond donors (Lipinski definition) is 2. The lowest BCUT2D eigenvalue weighted by Gasteiger charge is -2.57. The summed E-state index contributed by atoms with van der Waals surface area (Å²) in [7, 11) is 0. The molecule has 0 aromatic carbocycles. The summed E-state index contributed by atoms with van der Waals surface area (Å²) in [5.74, 6) is 1.75. The fraction of sp³-hybridized carbons (Fsp3) is 0.941. The van der Waals surface area contributed by atoms with Crippen molar-refractivity contribution in [3.63, 3.8) is 0 Å². The van der Waals surface area contributed by atoms with Crippen molar-refractivity contribution in [3.05, 3.63) is 0 Å². The van der Waals surface area contributed by atoms with E-state index in [0.717, 1.165) is 38.5 Å². The zero-order valence-electron chi connectivity index (χ0n) is 27.8. The molecule has 3 rings (SSSR count). The predicted molar refractivity (Wildman–Crippen MR) is 165 cm³/mol. The van der Waals surface area contributed by atoms with Crippen LogP contribution in [0.5, 0.6) is 0 Å². The molecule has 2 amide bonds. The number of rotatable bonds is 14. The molecule has 0 spiro atoms. The third-order valence-corrected chi connectivity index (χ3v) is 10.6. The van der Waals surface area contributed by atoms with Crippen molar-refractivity contribution in [2.75, 3.05) is 6.54 Å². The van der Waals surface area contributed by atoms with Crippen molar-refractivity contribution in [1.29, 1.82) is 0 Å². The van der Waals surface area contributed by atoms with Crippen LogP contribution in [0.3, 0.4) is 0 Å². The van der Waals surface area contributed by atoms with E-state index in [2.05, 4.69) is 55.4 Å². The maximum absolute atomic E-state index is 11.7. The third-order valence-electron chi connectivity index (χ3n) is 10.6. The fourth-order valence-corrected chi connectivity index (χ4v) is 8.92. The maximum Gasteiger partial charge on any atom is 0.229 e. The fourth-order valence-electron chi connectivity index (χ4n) is 8.92. The van der Waals surface area contributed by atoms with Gasteiger partial charge in [0.15, 0.2) is 0 Å².